The number of aromatic nitrogens is 2. The maximum atomic E-state index is 4.29. The summed E-state index contributed by atoms with van der Waals surface area (Å²) < 4.78 is 1.98. The zero-order valence-electron chi connectivity index (χ0n) is 12.5. The van der Waals surface area contributed by atoms with Crippen molar-refractivity contribution < 1.29 is 0 Å². The van der Waals surface area contributed by atoms with Crippen LogP contribution >= 0.6 is 0 Å². The third-order valence-electron chi connectivity index (χ3n) is 2.79. The first-order chi connectivity index (χ1) is 8.40. The molecule has 0 saturated heterocycles. The molecule has 18 heavy (non-hydrogen) atoms. The van der Waals surface area contributed by atoms with Crippen molar-refractivity contribution in [3.05, 3.63) is 29.6 Å². The van der Waals surface area contributed by atoms with Crippen molar-refractivity contribution >= 4 is 0 Å². The quantitative estimate of drug-likeness (QED) is 0.620. The van der Waals surface area contributed by atoms with Gasteiger partial charge >= 0.3 is 0 Å². The first-order valence-corrected chi connectivity index (χ1v) is 6.82. The monoisotopic (exact) mass is 249 g/mol. The van der Waals surface area contributed by atoms with E-state index in [2.05, 4.69) is 57.3 Å². The molecule has 0 unspecified atom stereocenters. The molecule has 1 aromatic heterocycles. The molecule has 1 N–H and O–H groups in total. The molecule has 0 aliphatic carbocycles. The Kier molecular flexibility index (Phi) is 5.60. The van der Waals surface area contributed by atoms with Crippen LogP contribution in [0.25, 0.3) is 0 Å². The van der Waals surface area contributed by atoms with Gasteiger partial charge in [0.05, 0.1) is 6.20 Å². The standard InChI is InChI=1S/C15H27N3/c1-6-18-12-14(11-17-18)10-13(2)8-7-9-16-15(3,4)5/h8,11-12,16H,6-7,9-10H2,1-5H3. The zero-order valence-corrected chi connectivity index (χ0v) is 12.5. The highest BCUT2D eigenvalue weighted by molar-refractivity contribution is 5.15. The van der Waals surface area contributed by atoms with Crippen molar-refractivity contribution in [2.45, 2.75) is 59.5 Å². The van der Waals surface area contributed by atoms with Crippen LogP contribution in [0, 0.1) is 0 Å². The summed E-state index contributed by atoms with van der Waals surface area (Å²) in [5.74, 6) is 0. The van der Waals surface area contributed by atoms with Gasteiger partial charge < -0.3 is 5.32 Å². The van der Waals surface area contributed by atoms with Gasteiger partial charge in [-0.15, -0.1) is 0 Å². The van der Waals surface area contributed by atoms with Crippen LogP contribution in [0.1, 0.15) is 46.6 Å². The number of aryl methyl sites for hydroxylation is 1. The molecule has 0 bridgehead atoms. The van der Waals surface area contributed by atoms with E-state index < -0.39 is 0 Å². The van der Waals surface area contributed by atoms with Crippen LogP contribution in [0.3, 0.4) is 0 Å². The van der Waals surface area contributed by atoms with Crippen molar-refractivity contribution in [2.24, 2.45) is 0 Å². The minimum Gasteiger partial charge on any atom is -0.312 e. The smallest absolute Gasteiger partial charge is 0.0525 e. The van der Waals surface area contributed by atoms with E-state index in [-0.39, 0.29) is 5.54 Å². The number of hydrogen-bond acceptors (Lipinski definition) is 2. The van der Waals surface area contributed by atoms with Gasteiger partial charge in [-0.05, 0) is 59.6 Å². The van der Waals surface area contributed by atoms with Gasteiger partial charge in [-0.25, -0.2) is 0 Å². The summed E-state index contributed by atoms with van der Waals surface area (Å²) in [7, 11) is 0. The van der Waals surface area contributed by atoms with Crippen molar-refractivity contribution in [3.8, 4) is 0 Å². The fourth-order valence-electron chi connectivity index (χ4n) is 1.83. The highest BCUT2D eigenvalue weighted by Gasteiger charge is 2.06. The number of rotatable bonds is 6. The summed E-state index contributed by atoms with van der Waals surface area (Å²) in [5.41, 5.74) is 2.93. The summed E-state index contributed by atoms with van der Waals surface area (Å²) in [6.07, 6.45) is 8.52. The summed E-state index contributed by atoms with van der Waals surface area (Å²) in [4.78, 5) is 0. The summed E-state index contributed by atoms with van der Waals surface area (Å²) in [6.45, 7) is 12.9. The average molecular weight is 249 g/mol. The number of nitrogens with one attached hydrogen (secondary N) is 1. The SMILES string of the molecule is CCn1cc(CC(C)=CCCNC(C)(C)C)cn1. The molecule has 0 atom stereocenters. The van der Waals surface area contributed by atoms with Crippen LogP contribution in [-0.4, -0.2) is 21.9 Å². The van der Waals surface area contributed by atoms with Crippen LogP contribution in [0.5, 0.6) is 0 Å². The second-order valence-electron chi connectivity index (χ2n) is 5.90. The second kappa shape index (κ2) is 6.74. The van der Waals surface area contributed by atoms with Gasteiger partial charge in [0.2, 0.25) is 0 Å². The molecular formula is C15H27N3. The lowest BCUT2D eigenvalue weighted by Gasteiger charge is -2.19. The molecular weight excluding hydrogens is 222 g/mol. The Morgan fingerprint density at radius 1 is 1.44 bits per heavy atom. The van der Waals surface area contributed by atoms with E-state index >= 15 is 0 Å². The molecule has 0 aliphatic heterocycles. The Hall–Kier alpha value is -1.09. The zero-order chi connectivity index (χ0) is 13.6. The lowest BCUT2D eigenvalue weighted by Crippen LogP contribution is -2.36. The largest absolute Gasteiger partial charge is 0.312 e. The van der Waals surface area contributed by atoms with Crippen LogP contribution in [0.4, 0.5) is 0 Å². The third kappa shape index (κ3) is 6.01. The lowest BCUT2D eigenvalue weighted by atomic mass is 10.1. The van der Waals surface area contributed by atoms with Gasteiger partial charge in [-0.1, -0.05) is 11.6 Å². The summed E-state index contributed by atoms with van der Waals surface area (Å²) in [6, 6.07) is 0. The fourth-order valence-corrected chi connectivity index (χ4v) is 1.83. The third-order valence-corrected chi connectivity index (χ3v) is 2.79. The van der Waals surface area contributed by atoms with E-state index in [4.69, 9.17) is 0 Å². The first kappa shape index (κ1) is 15.0. The first-order valence-electron chi connectivity index (χ1n) is 6.82. The Morgan fingerprint density at radius 2 is 2.17 bits per heavy atom. The Bertz CT molecular complexity index is 383. The molecule has 0 amide bonds. The van der Waals surface area contributed by atoms with Crippen molar-refractivity contribution in [1.82, 2.24) is 15.1 Å². The number of nitrogens with zero attached hydrogens (tertiary/aromatic N) is 2. The topological polar surface area (TPSA) is 29.9 Å². The molecule has 3 nitrogen and oxygen atoms in total. The molecule has 3 heteroatoms. The molecule has 0 saturated carbocycles. The van der Waals surface area contributed by atoms with E-state index in [1.807, 2.05) is 10.9 Å². The Morgan fingerprint density at radius 3 is 2.72 bits per heavy atom. The van der Waals surface area contributed by atoms with Gasteiger partial charge in [0, 0.05) is 18.3 Å². The normalized spacial score (nSPS) is 13.1. The Balaban J connectivity index is 2.33. The van der Waals surface area contributed by atoms with Gasteiger partial charge in [-0.3, -0.25) is 4.68 Å². The van der Waals surface area contributed by atoms with Crippen LogP contribution < -0.4 is 5.32 Å². The summed E-state index contributed by atoms with van der Waals surface area (Å²) in [5, 5.41) is 7.79. The maximum absolute atomic E-state index is 4.29. The lowest BCUT2D eigenvalue weighted by molar-refractivity contribution is 0.431. The number of hydrogen-bond donors (Lipinski definition) is 1. The molecule has 1 heterocycles. The predicted octanol–water partition coefficient (Wildman–Crippen LogP) is 3.17. The van der Waals surface area contributed by atoms with Gasteiger partial charge in [-0.2, -0.15) is 5.10 Å². The maximum Gasteiger partial charge on any atom is 0.0525 e. The minimum absolute atomic E-state index is 0.212. The molecule has 0 radical (unpaired) electrons. The van der Waals surface area contributed by atoms with Crippen LogP contribution in [-0.2, 0) is 13.0 Å². The van der Waals surface area contributed by atoms with Crippen LogP contribution in [0.2, 0.25) is 0 Å². The van der Waals surface area contributed by atoms with Crippen molar-refractivity contribution in [3.63, 3.8) is 0 Å². The average Bonchev–Trinajstić information content (AvgIpc) is 2.71. The summed E-state index contributed by atoms with van der Waals surface area (Å²) >= 11 is 0. The molecule has 0 aliphatic rings. The van der Waals surface area contributed by atoms with Crippen molar-refractivity contribution in [2.75, 3.05) is 6.54 Å². The van der Waals surface area contributed by atoms with E-state index in [1.165, 1.54) is 11.1 Å². The molecule has 0 aromatic carbocycles. The molecule has 0 spiro atoms. The van der Waals surface area contributed by atoms with Crippen LogP contribution in [0.15, 0.2) is 24.0 Å². The highest BCUT2D eigenvalue weighted by Crippen LogP contribution is 2.07. The van der Waals surface area contributed by atoms with Gasteiger partial charge in [0.1, 0.15) is 0 Å². The number of allylic oxidation sites excluding steroid dienone is 1. The fraction of sp³-hybridized carbons (Fsp3) is 0.667. The Labute approximate surface area is 111 Å². The molecule has 1 rings (SSSR count). The van der Waals surface area contributed by atoms with Crippen molar-refractivity contribution in [1.29, 1.82) is 0 Å². The van der Waals surface area contributed by atoms with Gasteiger partial charge in [0.15, 0.2) is 0 Å². The minimum atomic E-state index is 0.212. The highest BCUT2D eigenvalue weighted by atomic mass is 15.3. The molecule has 0 fully saturated rings. The van der Waals surface area contributed by atoms with E-state index in [0.717, 1.165) is 25.9 Å². The molecule has 102 valence electrons. The van der Waals surface area contributed by atoms with E-state index in [9.17, 15) is 0 Å². The second-order valence-corrected chi connectivity index (χ2v) is 5.90. The predicted molar refractivity (Wildman–Crippen MR) is 77.7 cm³/mol. The molecule has 1 aromatic rings. The van der Waals surface area contributed by atoms with Gasteiger partial charge in [0.25, 0.3) is 0 Å². The van der Waals surface area contributed by atoms with E-state index in [0.29, 0.717) is 0 Å². The van der Waals surface area contributed by atoms with E-state index in [1.54, 1.807) is 0 Å².